The molecule has 2 aromatic carbocycles. The van der Waals surface area contributed by atoms with Gasteiger partial charge in [-0.1, -0.05) is 35.3 Å². The number of halogens is 2. The first-order valence-corrected chi connectivity index (χ1v) is 7.29. The maximum Gasteiger partial charge on any atom is 0.0942 e. The number of aliphatic hydroxyl groups is 1. The van der Waals surface area contributed by atoms with Crippen LogP contribution in [0, 0.1) is 0 Å². The molecule has 0 aliphatic heterocycles. The third kappa shape index (κ3) is 2.39. The molecule has 0 heterocycles. The molecule has 1 aliphatic rings. The fourth-order valence-corrected chi connectivity index (χ4v) is 3.24. The molecular weight excluding hydrogens is 293 g/mol. The van der Waals surface area contributed by atoms with E-state index in [9.17, 15) is 5.11 Å². The summed E-state index contributed by atoms with van der Waals surface area (Å²) < 4.78 is 0. The second-order valence-corrected chi connectivity index (χ2v) is 6.19. The van der Waals surface area contributed by atoms with E-state index in [0.29, 0.717) is 22.9 Å². The number of hydrogen-bond acceptors (Lipinski definition) is 2. The van der Waals surface area contributed by atoms with Gasteiger partial charge >= 0.3 is 0 Å². The zero-order chi connectivity index (χ0) is 14.3. The first-order valence-electron chi connectivity index (χ1n) is 6.53. The van der Waals surface area contributed by atoms with Gasteiger partial charge in [-0.05, 0) is 53.8 Å². The molecule has 2 nitrogen and oxygen atoms in total. The highest BCUT2D eigenvalue weighted by molar-refractivity contribution is 6.42. The number of benzene rings is 2. The normalized spacial score (nSPS) is 20.9. The highest BCUT2D eigenvalue weighted by Crippen LogP contribution is 2.40. The molecular formula is C16H15Cl2NO. The number of hydrogen-bond donors (Lipinski definition) is 2. The Morgan fingerprint density at radius 3 is 2.65 bits per heavy atom. The molecule has 0 amide bonds. The highest BCUT2D eigenvalue weighted by Gasteiger charge is 2.36. The largest absolute Gasteiger partial charge is 0.399 e. The molecule has 104 valence electrons. The molecule has 20 heavy (non-hydrogen) atoms. The van der Waals surface area contributed by atoms with Crippen molar-refractivity contribution in [3.63, 3.8) is 0 Å². The number of fused-ring (bicyclic) bond motifs is 1. The van der Waals surface area contributed by atoms with Gasteiger partial charge in [0.1, 0.15) is 0 Å². The van der Waals surface area contributed by atoms with Crippen LogP contribution in [0.4, 0.5) is 5.69 Å². The average Bonchev–Trinajstić information content (AvgIpc) is 2.71. The molecule has 2 aromatic rings. The maximum atomic E-state index is 10.9. The zero-order valence-corrected chi connectivity index (χ0v) is 12.4. The summed E-state index contributed by atoms with van der Waals surface area (Å²) in [6, 6.07) is 11.2. The molecule has 0 fully saturated rings. The van der Waals surface area contributed by atoms with E-state index < -0.39 is 5.60 Å². The predicted molar refractivity (Wildman–Crippen MR) is 83.2 cm³/mol. The standard InChI is InChI=1S/C16H15Cl2NO/c17-14-4-1-10(7-15(14)18)9-16(20)6-5-11-8-12(19)2-3-13(11)16/h1-4,7-8,20H,5-6,9,19H2. The summed E-state index contributed by atoms with van der Waals surface area (Å²) in [6.45, 7) is 0. The van der Waals surface area contributed by atoms with Crippen LogP contribution in [0.3, 0.4) is 0 Å². The number of nitrogen functional groups attached to an aromatic ring is 1. The topological polar surface area (TPSA) is 46.2 Å². The van der Waals surface area contributed by atoms with Crippen LogP contribution in [0.15, 0.2) is 36.4 Å². The van der Waals surface area contributed by atoms with Crippen LogP contribution in [-0.2, 0) is 18.4 Å². The molecule has 3 N–H and O–H groups in total. The van der Waals surface area contributed by atoms with E-state index >= 15 is 0 Å². The molecule has 0 aromatic heterocycles. The van der Waals surface area contributed by atoms with Gasteiger partial charge in [0.15, 0.2) is 0 Å². The lowest BCUT2D eigenvalue weighted by Gasteiger charge is -2.24. The van der Waals surface area contributed by atoms with Crippen molar-refractivity contribution in [3.8, 4) is 0 Å². The molecule has 1 atom stereocenters. The number of aryl methyl sites for hydroxylation is 1. The quantitative estimate of drug-likeness (QED) is 0.825. The minimum atomic E-state index is -0.847. The summed E-state index contributed by atoms with van der Waals surface area (Å²) in [5.41, 5.74) is 8.77. The van der Waals surface area contributed by atoms with Gasteiger partial charge in [0.25, 0.3) is 0 Å². The molecule has 0 saturated carbocycles. The lowest BCUT2D eigenvalue weighted by Crippen LogP contribution is -2.25. The van der Waals surface area contributed by atoms with Crippen molar-refractivity contribution in [1.82, 2.24) is 0 Å². The van der Waals surface area contributed by atoms with Crippen LogP contribution < -0.4 is 5.73 Å². The predicted octanol–water partition coefficient (Wildman–Crippen LogP) is 3.95. The minimum absolute atomic E-state index is 0.517. The second-order valence-electron chi connectivity index (χ2n) is 5.37. The van der Waals surface area contributed by atoms with Crippen molar-refractivity contribution in [3.05, 3.63) is 63.1 Å². The van der Waals surface area contributed by atoms with Gasteiger partial charge < -0.3 is 10.8 Å². The number of anilines is 1. The number of nitrogens with two attached hydrogens (primary N) is 1. The van der Waals surface area contributed by atoms with Gasteiger partial charge in [0, 0.05) is 12.1 Å². The van der Waals surface area contributed by atoms with Crippen LogP contribution in [0.5, 0.6) is 0 Å². The van der Waals surface area contributed by atoms with E-state index in [4.69, 9.17) is 28.9 Å². The van der Waals surface area contributed by atoms with E-state index in [1.807, 2.05) is 30.3 Å². The Kier molecular flexibility index (Phi) is 3.41. The van der Waals surface area contributed by atoms with Crippen molar-refractivity contribution in [1.29, 1.82) is 0 Å². The lowest BCUT2D eigenvalue weighted by atomic mass is 9.89. The van der Waals surface area contributed by atoms with Gasteiger partial charge in [-0.15, -0.1) is 0 Å². The minimum Gasteiger partial charge on any atom is -0.399 e. The molecule has 1 unspecified atom stereocenters. The van der Waals surface area contributed by atoms with Gasteiger partial charge in [-0.3, -0.25) is 0 Å². The van der Waals surface area contributed by atoms with E-state index in [2.05, 4.69) is 0 Å². The van der Waals surface area contributed by atoms with Crippen molar-refractivity contribution in [2.75, 3.05) is 5.73 Å². The van der Waals surface area contributed by atoms with Crippen LogP contribution in [0.2, 0.25) is 10.0 Å². The lowest BCUT2D eigenvalue weighted by molar-refractivity contribution is 0.0390. The fraction of sp³-hybridized carbons (Fsp3) is 0.250. The molecule has 0 spiro atoms. The third-order valence-corrected chi connectivity index (χ3v) is 4.66. The Balaban J connectivity index is 1.93. The monoisotopic (exact) mass is 307 g/mol. The summed E-state index contributed by atoms with van der Waals surface area (Å²) in [5.74, 6) is 0. The first kappa shape index (κ1) is 13.7. The SMILES string of the molecule is Nc1ccc2c(c1)CCC2(O)Cc1ccc(Cl)c(Cl)c1. The van der Waals surface area contributed by atoms with Crippen LogP contribution in [0.25, 0.3) is 0 Å². The van der Waals surface area contributed by atoms with Crippen molar-refractivity contribution in [2.24, 2.45) is 0 Å². The van der Waals surface area contributed by atoms with E-state index in [1.54, 1.807) is 6.07 Å². The van der Waals surface area contributed by atoms with Crippen molar-refractivity contribution >= 4 is 28.9 Å². The van der Waals surface area contributed by atoms with Crippen molar-refractivity contribution in [2.45, 2.75) is 24.9 Å². The third-order valence-electron chi connectivity index (χ3n) is 3.92. The first-order chi connectivity index (χ1) is 9.48. The Hall–Kier alpha value is -1.22. The zero-order valence-electron chi connectivity index (χ0n) is 10.9. The molecule has 0 radical (unpaired) electrons. The molecule has 0 saturated heterocycles. The summed E-state index contributed by atoms with van der Waals surface area (Å²) >= 11 is 12.0. The summed E-state index contributed by atoms with van der Waals surface area (Å²) in [4.78, 5) is 0. The molecule has 1 aliphatic carbocycles. The Bertz CT molecular complexity index is 672. The molecule has 4 heteroatoms. The van der Waals surface area contributed by atoms with E-state index in [1.165, 1.54) is 0 Å². The maximum absolute atomic E-state index is 10.9. The smallest absolute Gasteiger partial charge is 0.0942 e. The van der Waals surface area contributed by atoms with E-state index in [0.717, 1.165) is 28.8 Å². The van der Waals surface area contributed by atoms with Gasteiger partial charge in [-0.2, -0.15) is 0 Å². The summed E-state index contributed by atoms with van der Waals surface area (Å²) in [5, 5.41) is 12.0. The molecule has 0 bridgehead atoms. The fourth-order valence-electron chi connectivity index (χ4n) is 2.92. The van der Waals surface area contributed by atoms with Crippen LogP contribution in [-0.4, -0.2) is 5.11 Å². The number of rotatable bonds is 2. The highest BCUT2D eigenvalue weighted by atomic mass is 35.5. The molecule has 3 rings (SSSR count). The van der Waals surface area contributed by atoms with Gasteiger partial charge in [0.05, 0.1) is 15.6 Å². The van der Waals surface area contributed by atoms with Crippen molar-refractivity contribution < 1.29 is 5.11 Å². The van der Waals surface area contributed by atoms with Gasteiger partial charge in [-0.25, -0.2) is 0 Å². The van der Waals surface area contributed by atoms with E-state index in [-0.39, 0.29) is 0 Å². The van der Waals surface area contributed by atoms with Gasteiger partial charge in [0.2, 0.25) is 0 Å². The Labute approximate surface area is 128 Å². The summed E-state index contributed by atoms with van der Waals surface area (Å²) in [6.07, 6.45) is 2.07. The van der Waals surface area contributed by atoms with Crippen LogP contribution in [0.1, 0.15) is 23.1 Å². The Morgan fingerprint density at radius 2 is 1.90 bits per heavy atom. The average molecular weight is 308 g/mol. The summed E-state index contributed by atoms with van der Waals surface area (Å²) in [7, 11) is 0. The van der Waals surface area contributed by atoms with Crippen LogP contribution >= 0.6 is 23.2 Å². The second kappa shape index (κ2) is 4.96. The Morgan fingerprint density at radius 1 is 1.10 bits per heavy atom.